The SMILES string of the molecule is CC(=O)O[C@@H](C/C(C)=C/C(=O)O)[C@@]1(C)[C@H](C)CC[C@@]2(C)C(C)=CCC[C@H]12. The number of ether oxygens (including phenoxy) is 1. The van der Waals surface area contributed by atoms with E-state index < -0.39 is 5.97 Å². The number of carbonyl (C=O) groups is 2. The Hall–Kier alpha value is -1.58. The maximum atomic E-state index is 11.9. The zero-order chi connectivity index (χ0) is 19.7. The van der Waals surface area contributed by atoms with Crippen LogP contribution >= 0.6 is 0 Å². The van der Waals surface area contributed by atoms with Gasteiger partial charge in [0, 0.05) is 24.8 Å². The minimum Gasteiger partial charge on any atom is -0.478 e. The molecule has 2 aliphatic carbocycles. The molecule has 4 heteroatoms. The van der Waals surface area contributed by atoms with Crippen molar-refractivity contribution in [2.45, 2.75) is 79.8 Å². The van der Waals surface area contributed by atoms with Crippen LogP contribution in [-0.2, 0) is 14.3 Å². The number of hydrogen-bond donors (Lipinski definition) is 1. The number of aliphatic carboxylic acids is 1. The lowest BCUT2D eigenvalue weighted by molar-refractivity contribution is -0.171. The number of esters is 1. The Balaban J connectivity index is 2.46. The van der Waals surface area contributed by atoms with E-state index >= 15 is 0 Å². The van der Waals surface area contributed by atoms with Gasteiger partial charge in [-0.25, -0.2) is 4.79 Å². The molecule has 0 aromatic heterocycles. The van der Waals surface area contributed by atoms with Crippen LogP contribution in [-0.4, -0.2) is 23.1 Å². The van der Waals surface area contributed by atoms with Gasteiger partial charge in [0.15, 0.2) is 0 Å². The van der Waals surface area contributed by atoms with Crippen LogP contribution in [0.25, 0.3) is 0 Å². The average Bonchev–Trinajstić information content (AvgIpc) is 2.51. The molecule has 2 aliphatic rings. The van der Waals surface area contributed by atoms with Crippen molar-refractivity contribution >= 4 is 11.9 Å². The molecule has 0 aliphatic heterocycles. The smallest absolute Gasteiger partial charge is 0.328 e. The van der Waals surface area contributed by atoms with E-state index in [-0.39, 0.29) is 22.9 Å². The van der Waals surface area contributed by atoms with Crippen LogP contribution in [0.3, 0.4) is 0 Å². The summed E-state index contributed by atoms with van der Waals surface area (Å²) in [6.45, 7) is 12.4. The van der Waals surface area contributed by atoms with Crippen LogP contribution in [0.2, 0.25) is 0 Å². The molecule has 146 valence electrons. The average molecular weight is 363 g/mol. The predicted molar refractivity (Wildman–Crippen MR) is 103 cm³/mol. The van der Waals surface area contributed by atoms with Gasteiger partial charge in [-0.05, 0) is 56.8 Å². The van der Waals surface area contributed by atoms with Crippen molar-refractivity contribution in [3.05, 3.63) is 23.3 Å². The lowest BCUT2D eigenvalue weighted by atomic mass is 9.46. The van der Waals surface area contributed by atoms with Crippen molar-refractivity contribution in [2.24, 2.45) is 22.7 Å². The van der Waals surface area contributed by atoms with Crippen LogP contribution in [0.5, 0.6) is 0 Å². The number of fused-ring (bicyclic) bond motifs is 1. The van der Waals surface area contributed by atoms with E-state index in [0.29, 0.717) is 18.3 Å². The topological polar surface area (TPSA) is 63.6 Å². The zero-order valence-corrected chi connectivity index (χ0v) is 17.1. The van der Waals surface area contributed by atoms with Crippen LogP contribution in [0.4, 0.5) is 0 Å². The molecule has 0 spiro atoms. The standard InChI is InChI=1S/C22H34O4/c1-14(13-20(24)25)12-19(26-17(4)23)22(6)16(3)10-11-21(5)15(2)8-7-9-18(21)22/h8,13,16,18-19H,7,9-12H2,1-6H3,(H,24,25)/b14-13+/t16-,18+,19+,21+,22+/m1/s1. The Morgan fingerprint density at radius 2 is 2.00 bits per heavy atom. The number of allylic oxidation sites excluding steroid dienone is 2. The highest BCUT2D eigenvalue weighted by atomic mass is 16.5. The third kappa shape index (κ3) is 3.74. The normalized spacial score (nSPS) is 35.9. The van der Waals surface area contributed by atoms with Crippen molar-refractivity contribution in [1.29, 1.82) is 0 Å². The first-order valence-corrected chi connectivity index (χ1v) is 9.76. The predicted octanol–water partition coefficient (Wildman–Crippen LogP) is 5.14. The summed E-state index contributed by atoms with van der Waals surface area (Å²) in [5.74, 6) is -0.409. The number of rotatable bonds is 5. The molecule has 0 heterocycles. The number of carbonyl (C=O) groups excluding carboxylic acids is 1. The molecule has 26 heavy (non-hydrogen) atoms. The summed E-state index contributed by atoms with van der Waals surface area (Å²) in [7, 11) is 0. The van der Waals surface area contributed by atoms with Gasteiger partial charge >= 0.3 is 11.9 Å². The van der Waals surface area contributed by atoms with Crippen molar-refractivity contribution in [1.82, 2.24) is 0 Å². The fourth-order valence-electron chi connectivity index (χ4n) is 5.53. The molecule has 4 nitrogen and oxygen atoms in total. The number of hydrogen-bond acceptors (Lipinski definition) is 3. The lowest BCUT2D eigenvalue weighted by Gasteiger charge is -2.59. The Labute approximate surface area is 157 Å². The molecule has 0 amide bonds. The summed E-state index contributed by atoms with van der Waals surface area (Å²) in [4.78, 5) is 22.9. The van der Waals surface area contributed by atoms with Gasteiger partial charge in [-0.3, -0.25) is 4.79 Å². The van der Waals surface area contributed by atoms with E-state index in [1.807, 2.05) is 6.92 Å². The summed E-state index contributed by atoms with van der Waals surface area (Å²) >= 11 is 0. The summed E-state index contributed by atoms with van der Waals surface area (Å²) in [5.41, 5.74) is 2.14. The molecule has 0 aromatic carbocycles. The maximum absolute atomic E-state index is 11.9. The van der Waals surface area contributed by atoms with Crippen molar-refractivity contribution in [3.8, 4) is 0 Å². The third-order valence-electron chi connectivity index (χ3n) is 7.36. The largest absolute Gasteiger partial charge is 0.478 e. The van der Waals surface area contributed by atoms with E-state index in [4.69, 9.17) is 9.84 Å². The number of carboxylic acid groups (broad SMARTS) is 1. The van der Waals surface area contributed by atoms with Gasteiger partial charge in [0.1, 0.15) is 6.10 Å². The van der Waals surface area contributed by atoms with Gasteiger partial charge in [0.2, 0.25) is 0 Å². The highest BCUT2D eigenvalue weighted by Crippen LogP contribution is 2.62. The highest BCUT2D eigenvalue weighted by molar-refractivity contribution is 5.80. The molecule has 1 N–H and O–H groups in total. The lowest BCUT2D eigenvalue weighted by Crippen LogP contribution is -2.56. The van der Waals surface area contributed by atoms with Crippen molar-refractivity contribution < 1.29 is 19.4 Å². The summed E-state index contributed by atoms with van der Waals surface area (Å²) < 4.78 is 5.85. The molecule has 2 rings (SSSR count). The van der Waals surface area contributed by atoms with Crippen molar-refractivity contribution in [2.75, 3.05) is 0 Å². The molecule has 0 aromatic rings. The molecule has 0 saturated heterocycles. The molecule has 0 unspecified atom stereocenters. The van der Waals surface area contributed by atoms with Crippen molar-refractivity contribution in [3.63, 3.8) is 0 Å². The van der Waals surface area contributed by atoms with Gasteiger partial charge in [-0.1, -0.05) is 38.0 Å². The van der Waals surface area contributed by atoms with E-state index in [2.05, 4.69) is 33.8 Å². The highest BCUT2D eigenvalue weighted by Gasteiger charge is 2.57. The maximum Gasteiger partial charge on any atom is 0.328 e. The molecule has 0 bridgehead atoms. The first-order valence-electron chi connectivity index (χ1n) is 9.76. The quantitative estimate of drug-likeness (QED) is 0.418. The number of carboxylic acids is 1. The van der Waals surface area contributed by atoms with Crippen LogP contribution in [0.1, 0.15) is 73.6 Å². The van der Waals surface area contributed by atoms with Crippen LogP contribution in [0.15, 0.2) is 23.3 Å². The molecule has 0 radical (unpaired) electrons. The molecular weight excluding hydrogens is 328 g/mol. The Morgan fingerprint density at radius 3 is 2.58 bits per heavy atom. The first kappa shape index (κ1) is 20.7. The van der Waals surface area contributed by atoms with Gasteiger partial charge in [-0.15, -0.1) is 0 Å². The fraction of sp³-hybridized carbons (Fsp3) is 0.727. The fourth-order valence-corrected chi connectivity index (χ4v) is 5.53. The van der Waals surface area contributed by atoms with Gasteiger partial charge in [0.05, 0.1) is 0 Å². The van der Waals surface area contributed by atoms with Crippen LogP contribution < -0.4 is 0 Å². The second-order valence-corrected chi connectivity index (χ2v) is 8.87. The monoisotopic (exact) mass is 362 g/mol. The Bertz CT molecular complexity index is 632. The van der Waals surface area contributed by atoms with Crippen LogP contribution in [0, 0.1) is 22.7 Å². The summed E-state index contributed by atoms with van der Waals surface area (Å²) in [5, 5.41) is 9.08. The molecule has 1 saturated carbocycles. The Morgan fingerprint density at radius 1 is 1.35 bits per heavy atom. The molecule has 5 atom stereocenters. The van der Waals surface area contributed by atoms with Gasteiger partial charge < -0.3 is 9.84 Å². The second-order valence-electron chi connectivity index (χ2n) is 8.87. The molecular formula is C22H34O4. The van der Waals surface area contributed by atoms with E-state index in [1.165, 1.54) is 18.6 Å². The minimum absolute atomic E-state index is 0.127. The third-order valence-corrected chi connectivity index (χ3v) is 7.36. The summed E-state index contributed by atoms with van der Waals surface area (Å²) in [6, 6.07) is 0. The zero-order valence-electron chi connectivity index (χ0n) is 17.1. The second kappa shape index (κ2) is 7.58. The Kier molecular flexibility index (Phi) is 6.04. The van der Waals surface area contributed by atoms with E-state index in [0.717, 1.165) is 31.3 Å². The first-order chi connectivity index (χ1) is 12.0. The van der Waals surface area contributed by atoms with Gasteiger partial charge in [-0.2, -0.15) is 0 Å². The van der Waals surface area contributed by atoms with Gasteiger partial charge in [0.25, 0.3) is 0 Å². The minimum atomic E-state index is -0.952. The molecule has 1 fully saturated rings. The van der Waals surface area contributed by atoms with E-state index in [1.54, 1.807) is 0 Å². The van der Waals surface area contributed by atoms with E-state index in [9.17, 15) is 9.59 Å². The summed E-state index contributed by atoms with van der Waals surface area (Å²) in [6.07, 6.45) is 8.17.